The van der Waals surface area contributed by atoms with Gasteiger partial charge in [-0.1, -0.05) is 38.1 Å². The minimum atomic E-state index is -0.267. The summed E-state index contributed by atoms with van der Waals surface area (Å²) in [7, 11) is 0. The summed E-state index contributed by atoms with van der Waals surface area (Å²) in [6.45, 7) is 4.08. The van der Waals surface area contributed by atoms with E-state index in [9.17, 15) is 9.59 Å². The zero-order valence-electron chi connectivity index (χ0n) is 14.9. The molecule has 0 unspecified atom stereocenters. The van der Waals surface area contributed by atoms with Gasteiger partial charge in [-0.05, 0) is 29.0 Å². The van der Waals surface area contributed by atoms with Crippen LogP contribution in [0.2, 0.25) is 0 Å². The smallest absolute Gasteiger partial charge is 0.197 e. The van der Waals surface area contributed by atoms with Gasteiger partial charge in [0.2, 0.25) is 0 Å². The molecule has 1 aliphatic rings. The molecule has 0 atom stereocenters. The number of carbonyl (C=O) groups is 2. The average Bonchev–Trinajstić information content (AvgIpc) is 3.28. The second-order valence-corrected chi connectivity index (χ2v) is 7.14. The maximum atomic E-state index is 12.8. The number of hydrogen-bond acceptors (Lipinski definition) is 4. The molecule has 0 amide bonds. The van der Waals surface area contributed by atoms with Crippen molar-refractivity contribution >= 4 is 39.6 Å². The van der Waals surface area contributed by atoms with E-state index < -0.39 is 0 Å². The summed E-state index contributed by atoms with van der Waals surface area (Å²) < 4.78 is 11.5. The van der Waals surface area contributed by atoms with Crippen LogP contribution in [0.1, 0.15) is 52.0 Å². The second-order valence-electron chi connectivity index (χ2n) is 7.14. The fourth-order valence-electron chi connectivity index (χ4n) is 3.51. The van der Waals surface area contributed by atoms with Crippen molar-refractivity contribution in [3.8, 4) is 0 Å². The van der Waals surface area contributed by atoms with Crippen LogP contribution in [0, 0.1) is 0 Å². The van der Waals surface area contributed by atoms with E-state index in [0.717, 1.165) is 16.5 Å². The Kier molecular flexibility index (Phi) is 3.25. The number of rotatable bonds is 2. The first-order valence-corrected chi connectivity index (χ1v) is 8.88. The maximum absolute atomic E-state index is 12.8. The van der Waals surface area contributed by atoms with Crippen molar-refractivity contribution in [2.24, 2.45) is 0 Å². The van der Waals surface area contributed by atoms with Crippen LogP contribution in [-0.2, 0) is 0 Å². The van der Waals surface area contributed by atoms with E-state index in [-0.39, 0.29) is 23.1 Å². The van der Waals surface area contributed by atoms with Crippen molar-refractivity contribution in [2.75, 3.05) is 0 Å². The Balaban J connectivity index is 1.58. The lowest BCUT2D eigenvalue weighted by molar-refractivity contribution is 0.0990. The molecular weight excluding hydrogens is 340 g/mol. The molecule has 0 saturated heterocycles. The van der Waals surface area contributed by atoms with Gasteiger partial charge in [0.15, 0.2) is 22.7 Å². The summed E-state index contributed by atoms with van der Waals surface area (Å²) >= 11 is 0. The van der Waals surface area contributed by atoms with Gasteiger partial charge in [-0.15, -0.1) is 0 Å². The zero-order valence-corrected chi connectivity index (χ0v) is 14.9. The van der Waals surface area contributed by atoms with Gasteiger partial charge in [0.1, 0.15) is 11.5 Å². The predicted octanol–water partition coefficient (Wildman–Crippen LogP) is 5.77. The predicted molar refractivity (Wildman–Crippen MR) is 103 cm³/mol. The molecule has 5 rings (SSSR count). The van der Waals surface area contributed by atoms with E-state index >= 15 is 0 Å². The Morgan fingerprint density at radius 3 is 1.96 bits per heavy atom. The summed E-state index contributed by atoms with van der Waals surface area (Å²) in [5.41, 5.74) is 2.25. The van der Waals surface area contributed by atoms with Gasteiger partial charge in [0.25, 0.3) is 0 Å². The van der Waals surface area contributed by atoms with Gasteiger partial charge in [-0.3, -0.25) is 9.59 Å². The molecule has 0 N–H and O–H groups in total. The third-order valence-electron chi connectivity index (χ3n) is 4.97. The van der Waals surface area contributed by atoms with Crippen LogP contribution in [-0.4, -0.2) is 11.6 Å². The maximum Gasteiger partial charge on any atom is 0.197 e. The third kappa shape index (κ3) is 2.37. The number of Topliss-reactive ketones (excluding diaryl/α,β-unsaturated/α-hetero) is 2. The Bertz CT molecular complexity index is 1190. The van der Waals surface area contributed by atoms with Crippen molar-refractivity contribution < 1.29 is 18.4 Å². The number of fused-ring (bicyclic) bond motifs is 3. The molecule has 4 aromatic rings. The molecule has 27 heavy (non-hydrogen) atoms. The average molecular weight is 356 g/mol. The first-order chi connectivity index (χ1) is 13.0. The molecule has 1 aliphatic carbocycles. The van der Waals surface area contributed by atoms with Crippen molar-refractivity contribution in [3.05, 3.63) is 76.8 Å². The van der Waals surface area contributed by atoms with Gasteiger partial charge in [-0.25, -0.2) is 0 Å². The van der Waals surface area contributed by atoms with Gasteiger partial charge in [0, 0.05) is 29.2 Å². The van der Waals surface area contributed by atoms with Crippen molar-refractivity contribution in [1.82, 2.24) is 0 Å². The number of hydrogen-bond donors (Lipinski definition) is 0. The molecular formula is C23H16O4. The lowest BCUT2D eigenvalue weighted by Crippen LogP contribution is -1.99. The molecule has 0 saturated carbocycles. The fourth-order valence-corrected chi connectivity index (χ4v) is 3.51. The van der Waals surface area contributed by atoms with E-state index in [1.54, 1.807) is 18.2 Å². The van der Waals surface area contributed by atoms with Crippen LogP contribution in [0.3, 0.4) is 0 Å². The molecule has 0 aliphatic heterocycles. The summed E-state index contributed by atoms with van der Waals surface area (Å²) in [6.07, 6.45) is 1.51. The standard InChI is InChI=1S/C23H16O4/c1-12(2)19-11-21-20(27-19)10-15(26-21)9-18-22(24)16-7-13-5-3-4-6-14(13)8-17(16)23(18)25/h3-12H,1-2H3. The number of furan rings is 2. The van der Waals surface area contributed by atoms with Gasteiger partial charge < -0.3 is 8.83 Å². The van der Waals surface area contributed by atoms with Gasteiger partial charge in [-0.2, -0.15) is 0 Å². The SMILES string of the molecule is CC(C)c1cc2oc(C=C3C(=O)c4cc5ccccc5cc4C3=O)cc2o1. The summed E-state index contributed by atoms with van der Waals surface area (Å²) in [4.78, 5) is 25.6. The first-order valence-electron chi connectivity index (χ1n) is 8.88. The van der Waals surface area contributed by atoms with Crippen LogP contribution in [0.4, 0.5) is 0 Å². The molecule has 2 aromatic carbocycles. The van der Waals surface area contributed by atoms with Crippen molar-refractivity contribution in [1.29, 1.82) is 0 Å². The topological polar surface area (TPSA) is 60.4 Å². The highest BCUT2D eigenvalue weighted by Gasteiger charge is 2.33. The highest BCUT2D eigenvalue weighted by molar-refractivity contribution is 6.42. The largest absolute Gasteiger partial charge is 0.457 e. The number of carbonyl (C=O) groups excluding carboxylic acids is 2. The monoisotopic (exact) mass is 356 g/mol. The normalized spacial score (nSPS) is 14.0. The minimum Gasteiger partial charge on any atom is -0.457 e. The molecule has 132 valence electrons. The van der Waals surface area contributed by atoms with E-state index in [1.807, 2.05) is 44.2 Å². The van der Waals surface area contributed by atoms with E-state index in [4.69, 9.17) is 8.83 Å². The molecule has 0 fully saturated rings. The molecule has 2 aromatic heterocycles. The lowest BCUT2D eigenvalue weighted by Gasteiger charge is -2.00. The van der Waals surface area contributed by atoms with Crippen LogP contribution < -0.4 is 0 Å². The van der Waals surface area contributed by atoms with Crippen molar-refractivity contribution in [3.63, 3.8) is 0 Å². The number of allylic oxidation sites excluding steroid dienone is 1. The van der Waals surface area contributed by atoms with Gasteiger partial charge >= 0.3 is 0 Å². The lowest BCUT2D eigenvalue weighted by atomic mass is 10.0. The highest BCUT2D eigenvalue weighted by atomic mass is 16.4. The molecule has 4 nitrogen and oxygen atoms in total. The molecule has 0 bridgehead atoms. The molecule has 0 spiro atoms. The van der Waals surface area contributed by atoms with Crippen LogP contribution in [0.15, 0.2) is 62.9 Å². The number of ketones is 2. The van der Waals surface area contributed by atoms with E-state index in [0.29, 0.717) is 28.1 Å². The molecule has 0 radical (unpaired) electrons. The fraction of sp³-hybridized carbons (Fsp3) is 0.130. The number of benzene rings is 2. The van der Waals surface area contributed by atoms with E-state index in [1.165, 1.54) is 6.08 Å². The van der Waals surface area contributed by atoms with Crippen LogP contribution in [0.25, 0.3) is 28.0 Å². The highest BCUT2D eigenvalue weighted by Crippen LogP contribution is 2.33. The molecule has 4 heteroatoms. The first kappa shape index (κ1) is 15.8. The van der Waals surface area contributed by atoms with Crippen LogP contribution >= 0.6 is 0 Å². The zero-order chi connectivity index (χ0) is 18.7. The third-order valence-corrected chi connectivity index (χ3v) is 4.97. The van der Waals surface area contributed by atoms with Crippen molar-refractivity contribution in [2.45, 2.75) is 19.8 Å². The Morgan fingerprint density at radius 1 is 0.815 bits per heavy atom. The minimum absolute atomic E-state index is 0.126. The second kappa shape index (κ2) is 5.55. The summed E-state index contributed by atoms with van der Waals surface area (Å²) in [5.74, 6) is 1.01. The Hall–Kier alpha value is -3.40. The van der Waals surface area contributed by atoms with E-state index in [2.05, 4.69) is 0 Å². The summed E-state index contributed by atoms with van der Waals surface area (Å²) in [6, 6.07) is 14.8. The Labute approximate surface area is 155 Å². The van der Waals surface area contributed by atoms with Gasteiger partial charge in [0.05, 0.1) is 5.57 Å². The van der Waals surface area contributed by atoms with Crippen LogP contribution in [0.5, 0.6) is 0 Å². The molecule has 2 heterocycles. The summed E-state index contributed by atoms with van der Waals surface area (Å²) in [5, 5.41) is 1.88. The Morgan fingerprint density at radius 2 is 1.41 bits per heavy atom. The quantitative estimate of drug-likeness (QED) is 0.338.